The van der Waals surface area contributed by atoms with Crippen LogP contribution >= 0.6 is 0 Å². The molecule has 0 aliphatic rings. The van der Waals surface area contributed by atoms with Crippen molar-refractivity contribution in [2.24, 2.45) is 10.2 Å². The molecule has 6 nitrogen and oxygen atoms in total. The molecule has 0 saturated carbocycles. The smallest absolute Gasteiger partial charge is 0.292 e. The maximum Gasteiger partial charge on any atom is 0.292 e. The molecule has 2 aromatic rings. The van der Waals surface area contributed by atoms with Crippen molar-refractivity contribution >= 4 is 11.4 Å². The van der Waals surface area contributed by atoms with Crippen LogP contribution in [0.25, 0.3) is 0 Å². The molecule has 0 fully saturated rings. The van der Waals surface area contributed by atoms with Crippen molar-refractivity contribution in [1.29, 1.82) is 0 Å². The van der Waals surface area contributed by atoms with Crippen molar-refractivity contribution < 1.29 is 4.74 Å². The van der Waals surface area contributed by atoms with Gasteiger partial charge in [0.15, 0.2) is 5.69 Å². The van der Waals surface area contributed by atoms with Crippen molar-refractivity contribution in [3.8, 4) is 5.75 Å². The Balaban J connectivity index is 2.42. The van der Waals surface area contributed by atoms with Gasteiger partial charge in [0.1, 0.15) is 11.4 Å². The fourth-order valence-corrected chi connectivity index (χ4v) is 1.81. The number of nitrogens with zero attached hydrogens (tertiary/aromatic N) is 2. The van der Waals surface area contributed by atoms with Gasteiger partial charge in [0.05, 0.1) is 12.8 Å². The molecule has 0 bridgehead atoms. The van der Waals surface area contributed by atoms with E-state index < -0.39 is 0 Å². The first-order chi connectivity index (χ1) is 9.43. The minimum atomic E-state index is -0.284. The third kappa shape index (κ3) is 2.79. The number of H-pyrrole nitrogens is 2. The molecule has 2 N–H and O–H groups in total. The topological polar surface area (TPSA) is 82.6 Å². The number of rotatable bonds is 3. The molecule has 0 saturated heterocycles. The largest absolute Gasteiger partial charge is 0.494 e. The number of azo groups is 1. The van der Waals surface area contributed by atoms with Crippen molar-refractivity contribution in [2.45, 2.75) is 26.2 Å². The van der Waals surface area contributed by atoms with Crippen LogP contribution < -0.4 is 10.3 Å². The summed E-state index contributed by atoms with van der Waals surface area (Å²) in [4.78, 5) is 11.8. The van der Waals surface area contributed by atoms with Crippen molar-refractivity contribution in [1.82, 2.24) is 10.2 Å². The van der Waals surface area contributed by atoms with Gasteiger partial charge in [-0.05, 0) is 12.1 Å². The molecule has 1 heterocycles. The Morgan fingerprint density at radius 1 is 1.10 bits per heavy atom. The molecule has 1 aromatic heterocycles. The first-order valence-corrected chi connectivity index (χ1v) is 6.29. The van der Waals surface area contributed by atoms with Crippen LogP contribution in [0.4, 0.5) is 11.4 Å². The number of ether oxygens (including phenoxy) is 1. The van der Waals surface area contributed by atoms with Gasteiger partial charge in [0.25, 0.3) is 5.56 Å². The van der Waals surface area contributed by atoms with E-state index in [-0.39, 0.29) is 11.0 Å². The summed E-state index contributed by atoms with van der Waals surface area (Å²) in [6.45, 7) is 5.98. The highest BCUT2D eigenvalue weighted by Crippen LogP contribution is 2.30. The maximum absolute atomic E-state index is 11.8. The molecule has 0 atom stereocenters. The quantitative estimate of drug-likeness (QED) is 0.840. The van der Waals surface area contributed by atoms with Crippen LogP contribution in [0.1, 0.15) is 26.5 Å². The second-order valence-corrected chi connectivity index (χ2v) is 5.42. The van der Waals surface area contributed by atoms with Gasteiger partial charge in [0, 0.05) is 5.41 Å². The lowest BCUT2D eigenvalue weighted by Crippen LogP contribution is -2.12. The van der Waals surface area contributed by atoms with Gasteiger partial charge in [-0.25, -0.2) is 0 Å². The lowest BCUT2D eigenvalue weighted by atomic mass is 9.91. The summed E-state index contributed by atoms with van der Waals surface area (Å²) in [5.74, 6) is 0.612. The zero-order chi connectivity index (χ0) is 14.8. The molecule has 20 heavy (non-hydrogen) atoms. The van der Waals surface area contributed by atoms with Crippen molar-refractivity contribution in [3.63, 3.8) is 0 Å². The lowest BCUT2D eigenvalue weighted by Gasteiger charge is -2.15. The Bertz CT molecular complexity index is 677. The molecule has 0 radical (unpaired) electrons. The van der Waals surface area contributed by atoms with E-state index >= 15 is 0 Å². The summed E-state index contributed by atoms with van der Waals surface area (Å²) in [6.07, 6.45) is 0. The number of hydrogen-bond acceptors (Lipinski definition) is 4. The molecule has 2 rings (SSSR count). The molecule has 0 amide bonds. The van der Waals surface area contributed by atoms with E-state index in [0.29, 0.717) is 17.1 Å². The molecule has 0 spiro atoms. The molecule has 106 valence electrons. The van der Waals surface area contributed by atoms with E-state index in [1.807, 2.05) is 32.9 Å². The zero-order valence-corrected chi connectivity index (χ0v) is 12.0. The Hall–Kier alpha value is -2.37. The third-order valence-corrected chi connectivity index (χ3v) is 2.85. The SMILES string of the molecule is COc1ccccc1N=Nc1c(C(C)(C)C)[nH][nH]c1=O. The Morgan fingerprint density at radius 2 is 1.80 bits per heavy atom. The second kappa shape index (κ2) is 5.32. The average molecular weight is 274 g/mol. The number of benzene rings is 1. The van der Waals surface area contributed by atoms with Crippen LogP contribution in [0.3, 0.4) is 0 Å². The molecule has 0 aliphatic heterocycles. The lowest BCUT2D eigenvalue weighted by molar-refractivity contribution is 0.416. The van der Waals surface area contributed by atoms with E-state index in [0.717, 1.165) is 5.69 Å². The molecule has 6 heteroatoms. The molecule has 0 aliphatic carbocycles. The normalized spacial score (nSPS) is 12.0. The van der Waals surface area contributed by atoms with Crippen LogP contribution in [-0.4, -0.2) is 17.3 Å². The highest BCUT2D eigenvalue weighted by atomic mass is 16.5. The number of para-hydroxylation sites is 1. The van der Waals surface area contributed by atoms with Gasteiger partial charge in [0.2, 0.25) is 0 Å². The molecule has 0 unspecified atom stereocenters. The van der Waals surface area contributed by atoms with Crippen molar-refractivity contribution in [3.05, 3.63) is 40.3 Å². The van der Waals surface area contributed by atoms with Crippen LogP contribution in [0, 0.1) is 0 Å². The van der Waals surface area contributed by atoms with Crippen molar-refractivity contribution in [2.75, 3.05) is 7.11 Å². The maximum atomic E-state index is 11.8. The Morgan fingerprint density at radius 3 is 2.45 bits per heavy atom. The summed E-state index contributed by atoms with van der Waals surface area (Å²) in [6, 6.07) is 7.25. The number of hydrogen-bond donors (Lipinski definition) is 2. The predicted octanol–water partition coefficient (Wildman–Crippen LogP) is 3.42. The van der Waals surface area contributed by atoms with Crippen LogP contribution in [0.2, 0.25) is 0 Å². The summed E-state index contributed by atoms with van der Waals surface area (Å²) in [5, 5.41) is 13.6. The molecule has 1 aromatic carbocycles. The second-order valence-electron chi connectivity index (χ2n) is 5.42. The van der Waals surface area contributed by atoms with E-state index in [9.17, 15) is 4.79 Å². The minimum Gasteiger partial charge on any atom is -0.494 e. The summed E-state index contributed by atoms with van der Waals surface area (Å²) in [7, 11) is 1.57. The van der Waals surface area contributed by atoms with Gasteiger partial charge in [-0.2, -0.15) is 0 Å². The standard InChI is InChI=1S/C14H18N4O2/c1-14(2,3)12-11(13(19)18-17-12)16-15-9-7-5-6-8-10(9)20-4/h5-8H,1-4H3,(H2,17,18,19). The fourth-order valence-electron chi connectivity index (χ4n) is 1.81. The average Bonchev–Trinajstić information content (AvgIpc) is 2.78. The molecular formula is C14H18N4O2. The van der Waals surface area contributed by atoms with Gasteiger partial charge in [-0.3, -0.25) is 15.0 Å². The Kier molecular flexibility index (Phi) is 3.74. The van der Waals surface area contributed by atoms with E-state index in [2.05, 4.69) is 20.4 Å². The Labute approximate surface area is 116 Å². The van der Waals surface area contributed by atoms with Gasteiger partial charge < -0.3 is 4.74 Å². The number of methoxy groups -OCH3 is 1. The third-order valence-electron chi connectivity index (χ3n) is 2.85. The molecular weight excluding hydrogens is 256 g/mol. The summed E-state index contributed by atoms with van der Waals surface area (Å²) >= 11 is 0. The first kappa shape index (κ1) is 14.0. The first-order valence-electron chi connectivity index (χ1n) is 6.29. The predicted molar refractivity (Wildman–Crippen MR) is 77.3 cm³/mol. The zero-order valence-electron chi connectivity index (χ0n) is 12.0. The van der Waals surface area contributed by atoms with Crippen LogP contribution in [0.15, 0.2) is 39.3 Å². The van der Waals surface area contributed by atoms with E-state index in [1.165, 1.54) is 0 Å². The highest BCUT2D eigenvalue weighted by Gasteiger charge is 2.22. The van der Waals surface area contributed by atoms with Crippen LogP contribution in [-0.2, 0) is 5.41 Å². The highest BCUT2D eigenvalue weighted by molar-refractivity contribution is 5.52. The van der Waals surface area contributed by atoms with Gasteiger partial charge in [-0.1, -0.05) is 32.9 Å². The number of aromatic amines is 2. The van der Waals surface area contributed by atoms with Gasteiger partial charge in [-0.15, -0.1) is 10.2 Å². The van der Waals surface area contributed by atoms with E-state index in [1.54, 1.807) is 19.2 Å². The monoisotopic (exact) mass is 274 g/mol. The number of nitrogens with one attached hydrogen (secondary N) is 2. The summed E-state index contributed by atoms with van der Waals surface area (Å²) in [5.41, 5.74) is 1.09. The minimum absolute atomic E-state index is 0.228. The fraction of sp³-hybridized carbons (Fsp3) is 0.357. The summed E-state index contributed by atoms with van der Waals surface area (Å²) < 4.78 is 5.20. The number of aromatic nitrogens is 2. The van der Waals surface area contributed by atoms with Gasteiger partial charge >= 0.3 is 0 Å². The van der Waals surface area contributed by atoms with E-state index in [4.69, 9.17) is 4.74 Å². The van der Waals surface area contributed by atoms with Crippen LogP contribution in [0.5, 0.6) is 5.75 Å².